The van der Waals surface area contributed by atoms with Crippen molar-refractivity contribution >= 4 is 12.1 Å². The van der Waals surface area contributed by atoms with Crippen LogP contribution in [0.4, 0.5) is 0 Å². The highest BCUT2D eigenvalue weighted by atomic mass is 16.5. The maximum atomic E-state index is 12.0. The minimum Gasteiger partial charge on any atom is -0.493 e. The van der Waals surface area contributed by atoms with Gasteiger partial charge in [0, 0.05) is 0 Å². The monoisotopic (exact) mass is 340 g/mol. The summed E-state index contributed by atoms with van der Waals surface area (Å²) in [5.74, 6) is 1.16. The van der Waals surface area contributed by atoms with Gasteiger partial charge in [-0.3, -0.25) is 4.79 Å². The van der Waals surface area contributed by atoms with Crippen LogP contribution in [0.3, 0.4) is 0 Å². The number of ether oxygens (including phenoxy) is 2. The molecule has 0 aliphatic rings. The maximum absolute atomic E-state index is 12.0. The molecule has 0 atom stereocenters. The fourth-order valence-electron chi connectivity index (χ4n) is 2.48. The minimum absolute atomic E-state index is 0.151. The van der Waals surface area contributed by atoms with E-state index in [1.54, 1.807) is 13.3 Å². The van der Waals surface area contributed by atoms with E-state index in [1.807, 2.05) is 51.1 Å². The van der Waals surface area contributed by atoms with Crippen LogP contribution in [-0.4, -0.2) is 25.8 Å². The lowest BCUT2D eigenvalue weighted by atomic mass is 10.0. The lowest BCUT2D eigenvalue weighted by molar-refractivity contribution is -0.120. The largest absolute Gasteiger partial charge is 0.493 e. The van der Waals surface area contributed by atoms with Crippen LogP contribution in [-0.2, 0) is 11.2 Å². The highest BCUT2D eigenvalue weighted by Gasteiger charge is 2.06. The Hall–Kier alpha value is -2.82. The predicted molar refractivity (Wildman–Crippen MR) is 99.5 cm³/mol. The number of benzene rings is 2. The molecule has 0 radical (unpaired) electrons. The van der Waals surface area contributed by atoms with Crippen LogP contribution < -0.4 is 14.9 Å². The molecule has 132 valence electrons. The van der Waals surface area contributed by atoms with Crippen LogP contribution in [0.2, 0.25) is 0 Å². The molecule has 0 spiro atoms. The number of rotatable bonds is 7. The van der Waals surface area contributed by atoms with E-state index >= 15 is 0 Å². The van der Waals surface area contributed by atoms with E-state index < -0.39 is 0 Å². The van der Waals surface area contributed by atoms with E-state index in [9.17, 15) is 4.79 Å². The van der Waals surface area contributed by atoms with Gasteiger partial charge in [-0.25, -0.2) is 5.43 Å². The highest BCUT2D eigenvalue weighted by molar-refractivity contribution is 5.84. The molecule has 0 aliphatic heterocycles. The van der Waals surface area contributed by atoms with E-state index in [0.717, 1.165) is 16.7 Å². The van der Waals surface area contributed by atoms with Crippen molar-refractivity contribution in [3.63, 3.8) is 0 Å². The standard InChI is InChI=1S/C20H24N2O3/c1-5-25-19-11-16(7-9-18(19)24-4)13-21-22-20(23)12-17-8-6-14(2)10-15(17)3/h6-11,13H,5,12H2,1-4H3,(H,22,23)/b21-13-. The molecule has 2 rings (SSSR count). The summed E-state index contributed by atoms with van der Waals surface area (Å²) in [6.45, 7) is 6.50. The first-order valence-electron chi connectivity index (χ1n) is 8.22. The Morgan fingerprint density at radius 3 is 2.64 bits per heavy atom. The minimum atomic E-state index is -0.151. The summed E-state index contributed by atoms with van der Waals surface area (Å²) in [7, 11) is 1.60. The normalized spacial score (nSPS) is 10.7. The zero-order valence-corrected chi connectivity index (χ0v) is 15.1. The average molecular weight is 340 g/mol. The SMILES string of the molecule is CCOc1cc(/C=N\NC(=O)Cc2ccc(C)cc2C)ccc1OC. The molecule has 0 saturated carbocycles. The average Bonchev–Trinajstić information content (AvgIpc) is 2.58. The number of methoxy groups -OCH3 is 1. The Labute approximate surface area is 148 Å². The summed E-state index contributed by atoms with van der Waals surface area (Å²) in [5, 5.41) is 4.02. The van der Waals surface area contributed by atoms with Gasteiger partial charge in [0.05, 0.1) is 26.4 Å². The molecule has 25 heavy (non-hydrogen) atoms. The Balaban J connectivity index is 1.98. The molecule has 5 heteroatoms. The number of hydrazone groups is 1. The molecular weight excluding hydrogens is 316 g/mol. The summed E-state index contributed by atoms with van der Waals surface area (Å²) in [4.78, 5) is 12.0. The van der Waals surface area contributed by atoms with E-state index in [4.69, 9.17) is 9.47 Å². The summed E-state index contributed by atoms with van der Waals surface area (Å²) >= 11 is 0. The smallest absolute Gasteiger partial charge is 0.244 e. The lowest BCUT2D eigenvalue weighted by Crippen LogP contribution is -2.20. The van der Waals surface area contributed by atoms with Gasteiger partial charge >= 0.3 is 0 Å². The van der Waals surface area contributed by atoms with Crippen molar-refractivity contribution < 1.29 is 14.3 Å². The van der Waals surface area contributed by atoms with Crippen molar-refractivity contribution in [1.82, 2.24) is 5.43 Å². The third kappa shape index (κ3) is 5.35. The number of nitrogens with one attached hydrogen (secondary N) is 1. The molecule has 0 fully saturated rings. The number of carbonyl (C=O) groups is 1. The third-order valence-corrected chi connectivity index (χ3v) is 3.74. The van der Waals surface area contributed by atoms with Crippen molar-refractivity contribution in [2.45, 2.75) is 27.2 Å². The van der Waals surface area contributed by atoms with Gasteiger partial charge in [-0.1, -0.05) is 23.8 Å². The van der Waals surface area contributed by atoms with Crippen LogP contribution >= 0.6 is 0 Å². The van der Waals surface area contributed by atoms with Crippen LogP contribution in [0.1, 0.15) is 29.2 Å². The first kappa shape index (κ1) is 18.5. The number of carbonyl (C=O) groups excluding carboxylic acids is 1. The molecule has 0 bridgehead atoms. The van der Waals surface area contributed by atoms with Gasteiger partial charge in [-0.15, -0.1) is 0 Å². The zero-order valence-electron chi connectivity index (χ0n) is 15.1. The molecular formula is C20H24N2O3. The van der Waals surface area contributed by atoms with Crippen LogP contribution in [0.25, 0.3) is 0 Å². The third-order valence-electron chi connectivity index (χ3n) is 3.74. The van der Waals surface area contributed by atoms with Crippen molar-refractivity contribution in [1.29, 1.82) is 0 Å². The van der Waals surface area contributed by atoms with E-state index in [1.165, 1.54) is 5.56 Å². The topological polar surface area (TPSA) is 59.9 Å². The van der Waals surface area contributed by atoms with Gasteiger partial charge in [-0.05, 0) is 55.7 Å². The number of amides is 1. The molecule has 1 amide bonds. The Morgan fingerprint density at radius 2 is 1.96 bits per heavy atom. The zero-order chi connectivity index (χ0) is 18.2. The fraction of sp³-hybridized carbons (Fsp3) is 0.300. The van der Waals surface area contributed by atoms with E-state index in [0.29, 0.717) is 24.5 Å². The maximum Gasteiger partial charge on any atom is 0.244 e. The second kappa shape index (κ2) is 8.87. The molecule has 0 saturated heterocycles. The molecule has 0 unspecified atom stereocenters. The highest BCUT2D eigenvalue weighted by Crippen LogP contribution is 2.27. The van der Waals surface area contributed by atoms with Gasteiger partial charge in [0.25, 0.3) is 0 Å². The summed E-state index contributed by atoms with van der Waals surface area (Å²) in [6.07, 6.45) is 1.89. The summed E-state index contributed by atoms with van der Waals surface area (Å²) in [5.41, 5.74) is 6.67. The van der Waals surface area contributed by atoms with Gasteiger partial charge in [0.15, 0.2) is 11.5 Å². The first-order valence-corrected chi connectivity index (χ1v) is 8.22. The number of hydrogen-bond donors (Lipinski definition) is 1. The van der Waals surface area contributed by atoms with E-state index in [-0.39, 0.29) is 5.91 Å². The summed E-state index contributed by atoms with van der Waals surface area (Å²) in [6, 6.07) is 11.5. The van der Waals surface area contributed by atoms with Crippen molar-refractivity contribution in [3.05, 3.63) is 58.7 Å². The molecule has 0 aromatic heterocycles. The quantitative estimate of drug-likeness (QED) is 0.621. The van der Waals surface area contributed by atoms with Crippen molar-refractivity contribution in [2.24, 2.45) is 5.10 Å². The van der Waals surface area contributed by atoms with Gasteiger partial charge in [0.1, 0.15) is 0 Å². The Kier molecular flexibility index (Phi) is 6.57. The molecule has 2 aromatic carbocycles. The molecule has 5 nitrogen and oxygen atoms in total. The number of nitrogens with zero attached hydrogens (tertiary/aromatic N) is 1. The van der Waals surface area contributed by atoms with Crippen molar-refractivity contribution in [3.8, 4) is 11.5 Å². The Bertz CT molecular complexity index is 770. The lowest BCUT2D eigenvalue weighted by Gasteiger charge is -2.09. The van der Waals surface area contributed by atoms with Crippen LogP contribution in [0, 0.1) is 13.8 Å². The van der Waals surface area contributed by atoms with Crippen LogP contribution in [0.5, 0.6) is 11.5 Å². The number of hydrogen-bond acceptors (Lipinski definition) is 4. The Morgan fingerprint density at radius 1 is 1.16 bits per heavy atom. The second-order valence-electron chi connectivity index (χ2n) is 5.74. The van der Waals surface area contributed by atoms with Crippen molar-refractivity contribution in [2.75, 3.05) is 13.7 Å². The first-order chi connectivity index (χ1) is 12.0. The number of aryl methyl sites for hydroxylation is 2. The van der Waals surface area contributed by atoms with E-state index in [2.05, 4.69) is 16.6 Å². The van der Waals surface area contributed by atoms with Gasteiger partial charge in [-0.2, -0.15) is 5.10 Å². The van der Waals surface area contributed by atoms with Gasteiger partial charge < -0.3 is 9.47 Å². The molecule has 0 heterocycles. The second-order valence-corrected chi connectivity index (χ2v) is 5.74. The molecule has 2 aromatic rings. The summed E-state index contributed by atoms with van der Waals surface area (Å²) < 4.78 is 10.8. The predicted octanol–water partition coefficient (Wildman–Crippen LogP) is 3.40. The molecule has 0 aliphatic carbocycles. The van der Waals surface area contributed by atoms with Gasteiger partial charge in [0.2, 0.25) is 5.91 Å². The fourth-order valence-corrected chi connectivity index (χ4v) is 2.48. The molecule has 1 N–H and O–H groups in total. The van der Waals surface area contributed by atoms with Crippen LogP contribution in [0.15, 0.2) is 41.5 Å².